The zero-order chi connectivity index (χ0) is 11.4. The number of carbonyl (C=O) groups excluding carboxylic acids is 1. The lowest BCUT2D eigenvalue weighted by Crippen LogP contribution is -2.19. The second kappa shape index (κ2) is 4.47. The van der Waals surface area contributed by atoms with E-state index in [9.17, 15) is 4.79 Å². The second-order valence-electron chi connectivity index (χ2n) is 3.16. The number of rotatable bonds is 2. The van der Waals surface area contributed by atoms with Crippen molar-refractivity contribution in [3.8, 4) is 6.07 Å². The lowest BCUT2D eigenvalue weighted by molar-refractivity contribution is 0.0964. The van der Waals surface area contributed by atoms with Gasteiger partial charge in [0.1, 0.15) is 0 Å². The van der Waals surface area contributed by atoms with Gasteiger partial charge in [-0.25, -0.2) is 0 Å². The van der Waals surface area contributed by atoms with E-state index < -0.39 is 0 Å². The summed E-state index contributed by atoms with van der Waals surface area (Å²) in [7, 11) is 3.32. The largest absolute Gasteiger partial charge is 0.387 e. The minimum absolute atomic E-state index is 0.195. The minimum atomic E-state index is -0.195. The summed E-state index contributed by atoms with van der Waals surface area (Å²) < 4.78 is 0. The van der Waals surface area contributed by atoms with E-state index in [-0.39, 0.29) is 5.91 Å². The maximum atomic E-state index is 11.6. The quantitative estimate of drug-likeness (QED) is 0.760. The van der Waals surface area contributed by atoms with E-state index in [2.05, 4.69) is 10.6 Å². The zero-order valence-electron chi connectivity index (χ0n) is 9.01. The standard InChI is InChI=1S/C11H13N3O/c1-7-4-8(6-12)5-9(10(7)13-2)11(15)14-3/h4-5,13H,1-3H3,(H,14,15). The summed E-state index contributed by atoms with van der Waals surface area (Å²) in [5, 5.41) is 14.3. The monoisotopic (exact) mass is 203 g/mol. The van der Waals surface area contributed by atoms with Gasteiger partial charge in [0, 0.05) is 19.8 Å². The molecule has 0 aromatic heterocycles. The number of nitriles is 1. The molecule has 0 aliphatic heterocycles. The first-order valence-corrected chi connectivity index (χ1v) is 4.58. The molecule has 0 fully saturated rings. The highest BCUT2D eigenvalue weighted by Crippen LogP contribution is 2.22. The summed E-state index contributed by atoms with van der Waals surface area (Å²) in [5.41, 5.74) is 2.63. The van der Waals surface area contributed by atoms with E-state index in [0.29, 0.717) is 11.1 Å². The predicted molar refractivity (Wildman–Crippen MR) is 58.8 cm³/mol. The SMILES string of the molecule is CNC(=O)c1cc(C#N)cc(C)c1NC. The first kappa shape index (κ1) is 11.1. The average Bonchev–Trinajstić information content (AvgIpc) is 2.26. The molecule has 15 heavy (non-hydrogen) atoms. The molecule has 0 aliphatic rings. The summed E-state index contributed by atoms with van der Waals surface area (Å²) >= 11 is 0. The maximum absolute atomic E-state index is 11.6. The Labute approximate surface area is 88.9 Å². The topological polar surface area (TPSA) is 64.9 Å². The number of hydrogen-bond donors (Lipinski definition) is 2. The van der Waals surface area contributed by atoms with Crippen molar-refractivity contribution in [2.45, 2.75) is 6.92 Å². The third-order valence-electron chi connectivity index (χ3n) is 2.19. The Morgan fingerprint density at radius 3 is 2.53 bits per heavy atom. The van der Waals surface area contributed by atoms with Crippen molar-refractivity contribution in [1.29, 1.82) is 5.26 Å². The Morgan fingerprint density at radius 2 is 2.07 bits per heavy atom. The third kappa shape index (κ3) is 2.08. The molecule has 0 spiro atoms. The van der Waals surface area contributed by atoms with Crippen LogP contribution in [0.1, 0.15) is 21.5 Å². The van der Waals surface area contributed by atoms with Crippen LogP contribution >= 0.6 is 0 Å². The number of nitrogens with zero attached hydrogens (tertiary/aromatic N) is 1. The zero-order valence-corrected chi connectivity index (χ0v) is 9.01. The van der Waals surface area contributed by atoms with Crippen molar-refractivity contribution in [2.24, 2.45) is 0 Å². The van der Waals surface area contributed by atoms with Crippen molar-refractivity contribution in [3.63, 3.8) is 0 Å². The van der Waals surface area contributed by atoms with E-state index >= 15 is 0 Å². The van der Waals surface area contributed by atoms with Crippen molar-refractivity contribution in [1.82, 2.24) is 5.32 Å². The fourth-order valence-electron chi connectivity index (χ4n) is 1.50. The number of carbonyl (C=O) groups is 1. The molecule has 0 aliphatic carbocycles. The molecule has 0 heterocycles. The lowest BCUT2D eigenvalue weighted by Gasteiger charge is -2.11. The molecule has 0 bridgehead atoms. The summed E-state index contributed by atoms with van der Waals surface area (Å²) in [6.45, 7) is 1.86. The third-order valence-corrected chi connectivity index (χ3v) is 2.19. The molecule has 0 atom stereocenters. The van der Waals surface area contributed by atoms with Crippen molar-refractivity contribution >= 4 is 11.6 Å². The van der Waals surface area contributed by atoms with E-state index in [1.807, 2.05) is 13.0 Å². The average molecular weight is 203 g/mol. The van der Waals surface area contributed by atoms with E-state index in [0.717, 1.165) is 11.3 Å². The molecule has 78 valence electrons. The van der Waals surface area contributed by atoms with Crippen LogP contribution in [-0.4, -0.2) is 20.0 Å². The molecule has 1 aromatic carbocycles. The van der Waals surface area contributed by atoms with Crippen molar-refractivity contribution < 1.29 is 4.79 Å². The summed E-state index contributed by atoms with van der Waals surface area (Å²) in [6, 6.07) is 5.36. The highest BCUT2D eigenvalue weighted by molar-refractivity contribution is 6.00. The Kier molecular flexibility index (Phi) is 3.29. The number of benzene rings is 1. The smallest absolute Gasteiger partial charge is 0.253 e. The summed E-state index contributed by atoms with van der Waals surface area (Å²) in [6.07, 6.45) is 0. The van der Waals surface area contributed by atoms with Gasteiger partial charge in [-0.15, -0.1) is 0 Å². The van der Waals surface area contributed by atoms with E-state index in [1.54, 1.807) is 26.2 Å². The van der Waals surface area contributed by atoms with Gasteiger partial charge < -0.3 is 10.6 Å². The Morgan fingerprint density at radius 1 is 1.40 bits per heavy atom. The molecule has 2 N–H and O–H groups in total. The van der Waals surface area contributed by atoms with Gasteiger partial charge in [-0.05, 0) is 24.6 Å². The van der Waals surface area contributed by atoms with Gasteiger partial charge >= 0.3 is 0 Å². The van der Waals surface area contributed by atoms with Gasteiger partial charge in [-0.3, -0.25) is 4.79 Å². The van der Waals surface area contributed by atoms with Crippen LogP contribution in [-0.2, 0) is 0 Å². The first-order chi connectivity index (χ1) is 7.13. The molecule has 4 heteroatoms. The van der Waals surface area contributed by atoms with Gasteiger partial charge in [-0.2, -0.15) is 5.26 Å². The maximum Gasteiger partial charge on any atom is 0.253 e. The summed E-state index contributed by atoms with van der Waals surface area (Å²) in [4.78, 5) is 11.6. The van der Waals surface area contributed by atoms with Crippen LogP contribution in [0.2, 0.25) is 0 Å². The number of aryl methyl sites for hydroxylation is 1. The highest BCUT2D eigenvalue weighted by Gasteiger charge is 2.12. The molecule has 4 nitrogen and oxygen atoms in total. The number of hydrogen-bond acceptors (Lipinski definition) is 3. The van der Waals surface area contributed by atoms with Gasteiger partial charge in [0.15, 0.2) is 0 Å². The van der Waals surface area contributed by atoms with Crippen LogP contribution in [0.3, 0.4) is 0 Å². The molecule has 1 amide bonds. The normalized spacial score (nSPS) is 9.20. The number of anilines is 1. The van der Waals surface area contributed by atoms with E-state index in [1.165, 1.54) is 0 Å². The second-order valence-corrected chi connectivity index (χ2v) is 3.16. The molecular formula is C11H13N3O. The fraction of sp³-hybridized carbons (Fsp3) is 0.273. The Balaban J connectivity index is 3.40. The first-order valence-electron chi connectivity index (χ1n) is 4.58. The molecular weight excluding hydrogens is 190 g/mol. The Bertz CT molecular complexity index is 432. The van der Waals surface area contributed by atoms with Gasteiger partial charge in [0.2, 0.25) is 0 Å². The highest BCUT2D eigenvalue weighted by atomic mass is 16.1. The van der Waals surface area contributed by atoms with Gasteiger partial charge in [-0.1, -0.05) is 0 Å². The molecule has 1 aromatic rings. The van der Waals surface area contributed by atoms with Gasteiger partial charge in [0.05, 0.1) is 17.2 Å². The molecule has 0 radical (unpaired) electrons. The van der Waals surface area contributed by atoms with Crippen LogP contribution in [0.5, 0.6) is 0 Å². The molecule has 0 unspecified atom stereocenters. The predicted octanol–water partition coefficient (Wildman–Crippen LogP) is 1.27. The number of nitrogens with one attached hydrogen (secondary N) is 2. The van der Waals surface area contributed by atoms with Crippen LogP contribution in [0.15, 0.2) is 12.1 Å². The van der Waals surface area contributed by atoms with Crippen molar-refractivity contribution in [3.05, 3.63) is 28.8 Å². The van der Waals surface area contributed by atoms with Crippen molar-refractivity contribution in [2.75, 3.05) is 19.4 Å². The van der Waals surface area contributed by atoms with Crippen LogP contribution in [0.25, 0.3) is 0 Å². The number of amides is 1. The molecule has 0 saturated heterocycles. The van der Waals surface area contributed by atoms with Crippen LogP contribution in [0, 0.1) is 18.3 Å². The fourth-order valence-corrected chi connectivity index (χ4v) is 1.50. The van der Waals surface area contributed by atoms with E-state index in [4.69, 9.17) is 5.26 Å². The van der Waals surface area contributed by atoms with Crippen LogP contribution < -0.4 is 10.6 Å². The summed E-state index contributed by atoms with van der Waals surface area (Å²) in [5.74, 6) is -0.195. The Hall–Kier alpha value is -2.02. The molecule has 1 rings (SSSR count). The van der Waals surface area contributed by atoms with Crippen LogP contribution in [0.4, 0.5) is 5.69 Å². The minimum Gasteiger partial charge on any atom is -0.387 e. The lowest BCUT2D eigenvalue weighted by atomic mass is 10.0. The van der Waals surface area contributed by atoms with Gasteiger partial charge in [0.25, 0.3) is 5.91 Å². The molecule has 0 saturated carbocycles.